The fraction of sp³-hybridized carbons (Fsp3) is 0.611. The molecule has 1 fully saturated rings. The summed E-state index contributed by atoms with van der Waals surface area (Å²) in [4.78, 5) is 26.3. The smallest absolute Gasteiger partial charge is 0.266 e. The van der Waals surface area contributed by atoms with Gasteiger partial charge in [-0.05, 0) is 38.3 Å². The van der Waals surface area contributed by atoms with E-state index < -0.39 is 0 Å². The van der Waals surface area contributed by atoms with Crippen molar-refractivity contribution in [1.82, 2.24) is 20.0 Å². The van der Waals surface area contributed by atoms with Gasteiger partial charge in [-0.2, -0.15) is 5.10 Å². The number of hydrogen-bond acceptors (Lipinski definition) is 4. The molecular formula is C18H26N4O2. The summed E-state index contributed by atoms with van der Waals surface area (Å²) >= 11 is 0. The predicted octanol–water partition coefficient (Wildman–Crippen LogP) is 1.18. The number of carbonyl (C=O) groups excluding carboxylic acids is 1. The van der Waals surface area contributed by atoms with Gasteiger partial charge in [0.25, 0.3) is 5.56 Å². The van der Waals surface area contributed by atoms with Gasteiger partial charge < -0.3 is 5.32 Å². The number of nitrogens with zero attached hydrogens (tertiary/aromatic N) is 3. The Balaban J connectivity index is 1.50. The van der Waals surface area contributed by atoms with E-state index in [0.717, 1.165) is 32.4 Å². The van der Waals surface area contributed by atoms with Gasteiger partial charge >= 0.3 is 0 Å². The summed E-state index contributed by atoms with van der Waals surface area (Å²) in [6.45, 7) is 3.11. The molecule has 1 saturated heterocycles. The number of amides is 1. The third-order valence-electron chi connectivity index (χ3n) is 5.02. The molecule has 0 radical (unpaired) electrons. The van der Waals surface area contributed by atoms with Crippen molar-refractivity contribution in [3.05, 3.63) is 40.8 Å². The quantitative estimate of drug-likeness (QED) is 0.796. The lowest BCUT2D eigenvalue weighted by Crippen LogP contribution is -2.48. The van der Waals surface area contributed by atoms with E-state index in [0.29, 0.717) is 19.1 Å². The van der Waals surface area contributed by atoms with Crippen molar-refractivity contribution in [2.45, 2.75) is 44.7 Å². The molecule has 1 N–H and O–H groups in total. The lowest BCUT2D eigenvalue weighted by Gasteiger charge is -2.36. The number of nitrogens with one attached hydrogen (secondary N) is 1. The summed E-state index contributed by atoms with van der Waals surface area (Å²) in [6, 6.07) is 3.56. The van der Waals surface area contributed by atoms with E-state index in [4.69, 9.17) is 0 Å². The van der Waals surface area contributed by atoms with Gasteiger partial charge in [0, 0.05) is 37.3 Å². The van der Waals surface area contributed by atoms with E-state index >= 15 is 0 Å². The number of aromatic nitrogens is 2. The summed E-state index contributed by atoms with van der Waals surface area (Å²) in [5.41, 5.74) is -0.0619. The summed E-state index contributed by atoms with van der Waals surface area (Å²) < 4.78 is 1.51. The van der Waals surface area contributed by atoms with Gasteiger partial charge in [-0.1, -0.05) is 18.6 Å². The van der Waals surface area contributed by atoms with Crippen LogP contribution in [0.1, 0.15) is 32.1 Å². The second kappa shape index (κ2) is 8.24. The monoisotopic (exact) mass is 330 g/mol. The Bertz CT molecular complexity index is 632. The molecule has 0 bridgehead atoms. The van der Waals surface area contributed by atoms with E-state index in [9.17, 15) is 9.59 Å². The molecule has 6 heteroatoms. The molecule has 1 aliphatic heterocycles. The number of carbonyl (C=O) groups is 1. The van der Waals surface area contributed by atoms with E-state index in [1.807, 2.05) is 0 Å². The van der Waals surface area contributed by atoms with Gasteiger partial charge in [0.05, 0.1) is 6.54 Å². The minimum absolute atomic E-state index is 0.0619. The zero-order valence-electron chi connectivity index (χ0n) is 14.1. The standard InChI is InChI=1S/C18H26N4O2/c23-17-9-5-10-20-22(17)13-12-21-11-4-3-8-16(21)14-19-18(24)15-6-1-2-7-15/h1-2,5,9-10,15-16H,3-4,6-8,11-14H2,(H,19,24). The summed E-state index contributed by atoms with van der Waals surface area (Å²) in [6.07, 6.45) is 11.0. The first-order valence-corrected chi connectivity index (χ1v) is 8.93. The van der Waals surface area contributed by atoms with Crippen LogP contribution in [0.25, 0.3) is 0 Å². The maximum absolute atomic E-state index is 12.2. The molecule has 130 valence electrons. The third-order valence-corrected chi connectivity index (χ3v) is 5.02. The maximum atomic E-state index is 12.2. The largest absolute Gasteiger partial charge is 0.354 e. The summed E-state index contributed by atoms with van der Waals surface area (Å²) in [7, 11) is 0. The Kier molecular flexibility index (Phi) is 5.80. The SMILES string of the molecule is O=C(NCC1CCCCN1CCn1ncccc1=O)C1CC=CC1. The van der Waals surface area contributed by atoms with Crippen molar-refractivity contribution in [2.24, 2.45) is 5.92 Å². The Morgan fingerprint density at radius 1 is 1.25 bits per heavy atom. The van der Waals surface area contributed by atoms with Crippen molar-refractivity contribution >= 4 is 5.91 Å². The molecule has 6 nitrogen and oxygen atoms in total. The molecule has 0 spiro atoms. The molecule has 1 aromatic heterocycles. The fourth-order valence-electron chi connectivity index (χ4n) is 3.56. The first-order chi connectivity index (χ1) is 11.7. The van der Waals surface area contributed by atoms with Crippen molar-refractivity contribution in [2.75, 3.05) is 19.6 Å². The molecule has 2 heterocycles. The van der Waals surface area contributed by atoms with Crippen molar-refractivity contribution in [1.29, 1.82) is 0 Å². The average Bonchev–Trinajstić information content (AvgIpc) is 3.14. The van der Waals surface area contributed by atoms with Gasteiger partial charge in [-0.25, -0.2) is 4.68 Å². The topological polar surface area (TPSA) is 67.2 Å². The van der Waals surface area contributed by atoms with Crippen LogP contribution < -0.4 is 10.9 Å². The number of hydrogen-bond donors (Lipinski definition) is 1. The van der Waals surface area contributed by atoms with Crippen LogP contribution in [0, 0.1) is 5.92 Å². The highest BCUT2D eigenvalue weighted by molar-refractivity contribution is 5.79. The molecule has 1 unspecified atom stereocenters. The van der Waals surface area contributed by atoms with Gasteiger partial charge in [0.1, 0.15) is 0 Å². The van der Waals surface area contributed by atoms with E-state index in [1.165, 1.54) is 23.6 Å². The Labute approximate surface area is 142 Å². The fourth-order valence-corrected chi connectivity index (χ4v) is 3.56. The highest BCUT2D eigenvalue weighted by Crippen LogP contribution is 2.19. The molecule has 0 saturated carbocycles. The molecule has 24 heavy (non-hydrogen) atoms. The van der Waals surface area contributed by atoms with Gasteiger partial charge in [-0.15, -0.1) is 0 Å². The zero-order valence-corrected chi connectivity index (χ0v) is 14.1. The molecule has 1 amide bonds. The zero-order chi connectivity index (χ0) is 16.8. The lowest BCUT2D eigenvalue weighted by atomic mass is 10.0. The molecule has 1 aromatic rings. The average molecular weight is 330 g/mol. The van der Waals surface area contributed by atoms with Gasteiger partial charge in [0.15, 0.2) is 0 Å². The first kappa shape index (κ1) is 16.9. The minimum atomic E-state index is -0.0619. The van der Waals surface area contributed by atoms with Crippen LogP contribution in [-0.4, -0.2) is 46.3 Å². The van der Waals surface area contributed by atoms with Crippen molar-refractivity contribution in [3.8, 4) is 0 Å². The number of piperidine rings is 1. The van der Waals surface area contributed by atoms with Crippen LogP contribution in [0.15, 0.2) is 35.3 Å². The van der Waals surface area contributed by atoms with E-state index in [-0.39, 0.29) is 17.4 Å². The predicted molar refractivity (Wildman–Crippen MR) is 92.6 cm³/mol. The van der Waals surface area contributed by atoms with Crippen LogP contribution in [0.5, 0.6) is 0 Å². The van der Waals surface area contributed by atoms with E-state index in [1.54, 1.807) is 12.3 Å². The lowest BCUT2D eigenvalue weighted by molar-refractivity contribution is -0.125. The Hall–Kier alpha value is -1.95. The highest BCUT2D eigenvalue weighted by atomic mass is 16.2. The van der Waals surface area contributed by atoms with Gasteiger partial charge in [0.2, 0.25) is 5.91 Å². The van der Waals surface area contributed by atoms with Crippen molar-refractivity contribution in [3.63, 3.8) is 0 Å². The third kappa shape index (κ3) is 4.32. The molecule has 1 atom stereocenters. The molecule has 0 aromatic carbocycles. The first-order valence-electron chi connectivity index (χ1n) is 8.93. The number of rotatable bonds is 6. The van der Waals surface area contributed by atoms with Gasteiger partial charge in [-0.3, -0.25) is 14.5 Å². The Morgan fingerprint density at radius 2 is 2.08 bits per heavy atom. The maximum Gasteiger partial charge on any atom is 0.266 e. The summed E-state index contributed by atoms with van der Waals surface area (Å²) in [5, 5.41) is 7.24. The van der Waals surface area contributed by atoms with Crippen LogP contribution in [0.3, 0.4) is 0 Å². The van der Waals surface area contributed by atoms with Crippen LogP contribution in [0.4, 0.5) is 0 Å². The summed E-state index contributed by atoms with van der Waals surface area (Å²) in [5.74, 6) is 0.292. The molecule has 3 rings (SSSR count). The molecule has 1 aliphatic carbocycles. The highest BCUT2D eigenvalue weighted by Gasteiger charge is 2.25. The minimum Gasteiger partial charge on any atom is -0.354 e. The Morgan fingerprint density at radius 3 is 2.88 bits per heavy atom. The number of likely N-dealkylation sites (tertiary alicyclic amines) is 1. The van der Waals surface area contributed by atoms with Crippen molar-refractivity contribution < 1.29 is 4.79 Å². The van der Waals surface area contributed by atoms with Crippen LogP contribution in [-0.2, 0) is 11.3 Å². The second-order valence-electron chi connectivity index (χ2n) is 6.66. The second-order valence-corrected chi connectivity index (χ2v) is 6.66. The van der Waals surface area contributed by atoms with E-state index in [2.05, 4.69) is 27.5 Å². The molecule has 2 aliphatic rings. The van der Waals surface area contributed by atoms with Crippen LogP contribution >= 0.6 is 0 Å². The normalized spacial score (nSPS) is 21.9. The number of allylic oxidation sites excluding steroid dienone is 2. The van der Waals surface area contributed by atoms with Crippen LogP contribution in [0.2, 0.25) is 0 Å². The molecular weight excluding hydrogens is 304 g/mol.